The van der Waals surface area contributed by atoms with Crippen molar-refractivity contribution >= 4 is 11.9 Å². The molecule has 0 fully saturated rings. The Morgan fingerprint density at radius 2 is 2.06 bits per heavy atom. The van der Waals surface area contributed by atoms with Gasteiger partial charge in [0.1, 0.15) is 11.6 Å². The molecule has 100 valence electrons. The summed E-state index contributed by atoms with van der Waals surface area (Å²) in [4.78, 5) is 0. The maximum Gasteiger partial charge on any atom is 0.128 e. The first-order valence-electron chi connectivity index (χ1n) is 5.83. The molecule has 0 spiro atoms. The van der Waals surface area contributed by atoms with E-state index in [4.69, 9.17) is 0 Å². The van der Waals surface area contributed by atoms with Gasteiger partial charge in [0.05, 0.1) is 0 Å². The van der Waals surface area contributed by atoms with Crippen LogP contribution in [0.5, 0.6) is 0 Å². The zero-order valence-corrected chi connectivity index (χ0v) is 11.8. The maximum absolute atomic E-state index is 13.7. The van der Waals surface area contributed by atoms with Gasteiger partial charge >= 0.3 is 0 Å². The normalized spacial score (nSPS) is 13.4. The Labute approximate surface area is 112 Å². The Balaban J connectivity index is 2.89. The van der Waals surface area contributed by atoms with Crippen molar-refractivity contribution in [1.82, 2.24) is 4.72 Å². The molecule has 1 atom stereocenters. The summed E-state index contributed by atoms with van der Waals surface area (Å²) in [6, 6.07) is 3.24. The van der Waals surface area contributed by atoms with Crippen LogP contribution < -0.4 is 4.72 Å². The van der Waals surface area contributed by atoms with E-state index >= 15 is 0 Å². The fraction of sp³-hybridized carbons (Fsp3) is 0.429. The molecule has 1 N–H and O–H groups in total. The van der Waals surface area contributed by atoms with Gasteiger partial charge < -0.3 is 0 Å². The van der Waals surface area contributed by atoms with Crippen LogP contribution in [0.4, 0.5) is 8.78 Å². The lowest BCUT2D eigenvalue weighted by Gasteiger charge is -2.24. The Morgan fingerprint density at radius 3 is 2.61 bits per heavy atom. The molecule has 1 aromatic carbocycles. The van der Waals surface area contributed by atoms with Crippen LogP contribution in [0.15, 0.2) is 30.9 Å². The van der Waals surface area contributed by atoms with Crippen molar-refractivity contribution in [2.24, 2.45) is 0 Å². The molecule has 0 bridgehead atoms. The fourth-order valence-corrected chi connectivity index (χ4v) is 2.15. The summed E-state index contributed by atoms with van der Waals surface area (Å²) < 4.78 is 30.1. The van der Waals surface area contributed by atoms with E-state index in [1.165, 1.54) is 18.0 Å². The molecule has 1 unspecified atom stereocenters. The van der Waals surface area contributed by atoms with Crippen LogP contribution in [-0.4, -0.2) is 4.75 Å². The van der Waals surface area contributed by atoms with Gasteiger partial charge in [-0.25, -0.2) is 8.78 Å². The van der Waals surface area contributed by atoms with Gasteiger partial charge in [-0.1, -0.05) is 18.0 Å². The molecule has 1 nitrogen and oxygen atoms in total. The number of halogens is 2. The van der Waals surface area contributed by atoms with Crippen LogP contribution in [0.2, 0.25) is 0 Å². The molecule has 18 heavy (non-hydrogen) atoms. The third-order valence-corrected chi connectivity index (χ3v) is 3.26. The standard InChI is InChI=1S/C14H19F2NS/c1-5-6-13(17-18-14(2,3)4)11-9-10(15)7-8-12(11)16/h5,7-9,13,17H,1,6H2,2-4H3. The third kappa shape index (κ3) is 4.78. The quantitative estimate of drug-likeness (QED) is 0.619. The summed E-state index contributed by atoms with van der Waals surface area (Å²) >= 11 is 1.50. The van der Waals surface area contributed by atoms with Crippen LogP contribution in [0.1, 0.15) is 38.8 Å². The average Bonchev–Trinajstić information content (AvgIpc) is 2.26. The van der Waals surface area contributed by atoms with E-state index in [9.17, 15) is 8.78 Å². The van der Waals surface area contributed by atoms with Crippen molar-refractivity contribution in [3.63, 3.8) is 0 Å². The molecule has 0 saturated heterocycles. The van der Waals surface area contributed by atoms with Crippen LogP contribution >= 0.6 is 11.9 Å². The molecule has 0 aliphatic carbocycles. The first kappa shape index (κ1) is 15.2. The van der Waals surface area contributed by atoms with E-state index in [-0.39, 0.29) is 10.8 Å². The monoisotopic (exact) mass is 271 g/mol. The van der Waals surface area contributed by atoms with Crippen LogP contribution in [0, 0.1) is 11.6 Å². The SMILES string of the molecule is C=CCC(NSC(C)(C)C)c1cc(F)ccc1F. The summed E-state index contributed by atoms with van der Waals surface area (Å²) in [7, 11) is 0. The molecule has 1 rings (SSSR count). The average molecular weight is 271 g/mol. The van der Waals surface area contributed by atoms with E-state index in [0.717, 1.165) is 12.1 Å². The largest absolute Gasteiger partial charge is 0.256 e. The minimum absolute atomic E-state index is 0.00320. The van der Waals surface area contributed by atoms with Gasteiger partial charge in [0, 0.05) is 16.4 Å². The predicted molar refractivity (Wildman–Crippen MR) is 74.4 cm³/mol. The van der Waals surface area contributed by atoms with E-state index in [0.29, 0.717) is 12.0 Å². The molecule has 0 saturated carbocycles. The highest BCUT2D eigenvalue weighted by molar-refractivity contribution is 7.98. The van der Waals surface area contributed by atoms with Gasteiger partial charge in [-0.3, -0.25) is 4.72 Å². The van der Waals surface area contributed by atoms with Crippen LogP contribution in [-0.2, 0) is 0 Å². The molecule has 1 aromatic rings. The molecule has 0 aliphatic heterocycles. The third-order valence-electron chi connectivity index (χ3n) is 2.24. The van der Waals surface area contributed by atoms with Gasteiger partial charge in [-0.05, 0) is 45.4 Å². The Kier molecular flexibility index (Phi) is 5.35. The number of benzene rings is 1. The molecule has 0 amide bonds. The van der Waals surface area contributed by atoms with E-state index in [1.807, 2.05) is 0 Å². The zero-order chi connectivity index (χ0) is 13.8. The van der Waals surface area contributed by atoms with Crippen molar-refractivity contribution in [1.29, 1.82) is 0 Å². The van der Waals surface area contributed by atoms with Crippen molar-refractivity contribution in [2.45, 2.75) is 38.0 Å². The molecular weight excluding hydrogens is 252 g/mol. The van der Waals surface area contributed by atoms with Gasteiger partial charge in [0.25, 0.3) is 0 Å². The second-order valence-corrected chi connectivity index (χ2v) is 6.74. The maximum atomic E-state index is 13.7. The van der Waals surface area contributed by atoms with E-state index in [2.05, 4.69) is 32.1 Å². The summed E-state index contributed by atoms with van der Waals surface area (Å²) in [6.07, 6.45) is 2.24. The first-order chi connectivity index (χ1) is 8.33. The Hall–Kier alpha value is -0.870. The molecule has 0 aromatic heterocycles. The lowest BCUT2D eigenvalue weighted by Crippen LogP contribution is -2.22. The zero-order valence-electron chi connectivity index (χ0n) is 11.0. The van der Waals surface area contributed by atoms with E-state index in [1.54, 1.807) is 6.08 Å². The summed E-state index contributed by atoms with van der Waals surface area (Å²) in [5, 5.41) is 0. The minimum atomic E-state index is -0.428. The molecule has 0 heterocycles. The second kappa shape index (κ2) is 6.34. The molecule has 0 aliphatic rings. The summed E-state index contributed by atoms with van der Waals surface area (Å²) in [6.45, 7) is 9.82. The number of nitrogens with one attached hydrogen (secondary N) is 1. The lowest BCUT2D eigenvalue weighted by atomic mass is 10.0. The lowest BCUT2D eigenvalue weighted by molar-refractivity contribution is 0.552. The van der Waals surface area contributed by atoms with Crippen molar-refractivity contribution in [2.75, 3.05) is 0 Å². The van der Waals surface area contributed by atoms with Gasteiger partial charge in [-0.15, -0.1) is 6.58 Å². The number of hydrogen-bond acceptors (Lipinski definition) is 2. The molecular formula is C14H19F2NS. The smallest absolute Gasteiger partial charge is 0.128 e. The molecule has 4 heteroatoms. The van der Waals surface area contributed by atoms with Gasteiger partial charge in [-0.2, -0.15) is 0 Å². The minimum Gasteiger partial charge on any atom is -0.256 e. The second-order valence-electron chi connectivity index (χ2n) is 5.08. The Morgan fingerprint density at radius 1 is 1.39 bits per heavy atom. The summed E-state index contributed by atoms with van der Waals surface area (Å²) in [5.41, 5.74) is 0.339. The highest BCUT2D eigenvalue weighted by Crippen LogP contribution is 2.28. The Bertz CT molecular complexity index is 413. The fourth-order valence-electron chi connectivity index (χ4n) is 1.43. The van der Waals surface area contributed by atoms with Crippen LogP contribution in [0.25, 0.3) is 0 Å². The van der Waals surface area contributed by atoms with Crippen molar-refractivity contribution in [3.8, 4) is 0 Å². The molecule has 0 radical (unpaired) electrons. The van der Waals surface area contributed by atoms with Crippen LogP contribution in [0.3, 0.4) is 0 Å². The van der Waals surface area contributed by atoms with Gasteiger partial charge in [0.2, 0.25) is 0 Å². The first-order valence-corrected chi connectivity index (χ1v) is 6.64. The number of rotatable bonds is 5. The number of hydrogen-bond donors (Lipinski definition) is 1. The highest BCUT2D eigenvalue weighted by atomic mass is 32.2. The van der Waals surface area contributed by atoms with Crippen molar-refractivity contribution < 1.29 is 8.78 Å². The summed E-state index contributed by atoms with van der Waals surface area (Å²) in [5.74, 6) is -0.826. The highest BCUT2D eigenvalue weighted by Gasteiger charge is 2.19. The topological polar surface area (TPSA) is 12.0 Å². The van der Waals surface area contributed by atoms with E-state index < -0.39 is 11.6 Å². The van der Waals surface area contributed by atoms with Gasteiger partial charge in [0.15, 0.2) is 0 Å². The predicted octanol–water partition coefficient (Wildman–Crippen LogP) is 4.62. The van der Waals surface area contributed by atoms with Crippen molar-refractivity contribution in [3.05, 3.63) is 48.1 Å².